The first-order valence-electron chi connectivity index (χ1n) is 12.6. The normalized spacial score (nSPS) is 10.5. The van der Waals surface area contributed by atoms with Crippen LogP contribution in [0.15, 0.2) is 72.2 Å². The molecule has 200 valence electrons. The van der Waals surface area contributed by atoms with Crippen LogP contribution in [-0.2, 0) is 20.1 Å². The fraction of sp³-hybridized carbons (Fsp3) is 0.296. The average molecular weight is 527 g/mol. The molecule has 1 amide bonds. The predicted octanol–water partition coefficient (Wildman–Crippen LogP) is 4.67. The summed E-state index contributed by atoms with van der Waals surface area (Å²) in [6.07, 6.45) is 5.80. The fourth-order valence-corrected chi connectivity index (χ4v) is 3.84. The zero-order valence-corrected chi connectivity index (χ0v) is 21.7. The number of amides is 1. The molecule has 0 bridgehead atoms. The Labute approximate surface area is 226 Å². The number of nitrogens with one attached hydrogen (secondary N) is 2. The third-order valence-electron chi connectivity index (χ3n) is 5.94. The van der Waals surface area contributed by atoms with Gasteiger partial charge in [0.15, 0.2) is 11.6 Å². The maximum absolute atomic E-state index is 12.8. The van der Waals surface area contributed by atoms with Gasteiger partial charge in [0.05, 0.1) is 13.2 Å². The van der Waals surface area contributed by atoms with Gasteiger partial charge in [-0.15, -0.1) is 10.2 Å². The number of azide groups is 1. The molecule has 12 heteroatoms. The number of nitrogens with zero attached hydrogens (tertiary/aromatic N) is 8. The Morgan fingerprint density at radius 3 is 2.82 bits per heavy atom. The summed E-state index contributed by atoms with van der Waals surface area (Å²) in [5, 5.41) is 18.3. The van der Waals surface area contributed by atoms with Crippen LogP contribution in [0.2, 0.25) is 0 Å². The van der Waals surface area contributed by atoms with Crippen molar-refractivity contribution in [1.29, 1.82) is 0 Å². The number of carbonyl (C=O) groups is 1. The number of rotatable bonds is 14. The van der Waals surface area contributed by atoms with Gasteiger partial charge < -0.3 is 19.9 Å². The summed E-state index contributed by atoms with van der Waals surface area (Å²) in [7, 11) is 1.88. The van der Waals surface area contributed by atoms with Crippen molar-refractivity contribution in [3.05, 3.63) is 94.5 Å². The van der Waals surface area contributed by atoms with Crippen LogP contribution in [-0.4, -0.2) is 43.8 Å². The fourth-order valence-electron chi connectivity index (χ4n) is 3.84. The molecule has 12 nitrogen and oxygen atoms in total. The number of aromatic nitrogens is 5. The van der Waals surface area contributed by atoms with Crippen molar-refractivity contribution in [2.24, 2.45) is 12.2 Å². The van der Waals surface area contributed by atoms with E-state index in [2.05, 4.69) is 40.8 Å². The van der Waals surface area contributed by atoms with Gasteiger partial charge in [0.1, 0.15) is 17.8 Å². The molecule has 0 saturated heterocycles. The summed E-state index contributed by atoms with van der Waals surface area (Å²) in [4.78, 5) is 23.7. The van der Waals surface area contributed by atoms with Crippen molar-refractivity contribution in [3.8, 4) is 17.3 Å². The number of anilines is 1. The van der Waals surface area contributed by atoms with Crippen molar-refractivity contribution in [2.75, 3.05) is 18.5 Å². The van der Waals surface area contributed by atoms with Crippen molar-refractivity contribution >= 4 is 11.6 Å². The van der Waals surface area contributed by atoms with Crippen LogP contribution in [0.5, 0.6) is 5.75 Å². The Balaban J connectivity index is 1.26. The van der Waals surface area contributed by atoms with E-state index in [9.17, 15) is 4.79 Å². The molecule has 4 rings (SSSR count). The van der Waals surface area contributed by atoms with E-state index in [0.717, 1.165) is 42.1 Å². The van der Waals surface area contributed by atoms with E-state index in [1.54, 1.807) is 24.4 Å². The van der Waals surface area contributed by atoms with E-state index < -0.39 is 0 Å². The maximum atomic E-state index is 12.8. The highest BCUT2D eigenvalue weighted by atomic mass is 16.5. The second-order valence-corrected chi connectivity index (χ2v) is 8.72. The average Bonchev–Trinajstić information content (AvgIpc) is 3.35. The summed E-state index contributed by atoms with van der Waals surface area (Å²) >= 11 is 0. The molecule has 0 aliphatic heterocycles. The zero-order chi connectivity index (χ0) is 27.3. The SMILES string of the molecule is Cn1c(CNc2cccc(C(=O)NCc3cccc(OCCCCCN=[N+]=[N-])c3)c2)nnc1-c1ccncn1. The minimum Gasteiger partial charge on any atom is -0.494 e. The largest absolute Gasteiger partial charge is 0.494 e. The van der Waals surface area contributed by atoms with Crippen LogP contribution in [0.25, 0.3) is 22.0 Å². The van der Waals surface area contributed by atoms with Crippen LogP contribution in [0.3, 0.4) is 0 Å². The van der Waals surface area contributed by atoms with E-state index in [1.807, 2.05) is 48.0 Å². The van der Waals surface area contributed by atoms with Gasteiger partial charge in [0, 0.05) is 42.5 Å². The Kier molecular flexibility index (Phi) is 9.79. The van der Waals surface area contributed by atoms with Gasteiger partial charge in [0.25, 0.3) is 5.91 Å². The number of ether oxygens (including phenoxy) is 1. The molecule has 0 radical (unpaired) electrons. The first kappa shape index (κ1) is 27.1. The maximum Gasteiger partial charge on any atom is 0.251 e. The molecular formula is C27H30N10O2. The molecular weight excluding hydrogens is 496 g/mol. The summed E-state index contributed by atoms with van der Waals surface area (Å²) in [5.74, 6) is 1.97. The van der Waals surface area contributed by atoms with Crippen LogP contribution in [0.1, 0.15) is 41.0 Å². The molecule has 2 heterocycles. The summed E-state index contributed by atoms with van der Waals surface area (Å²) < 4.78 is 7.69. The van der Waals surface area contributed by atoms with E-state index >= 15 is 0 Å². The van der Waals surface area contributed by atoms with Crippen LogP contribution >= 0.6 is 0 Å². The minimum absolute atomic E-state index is 0.172. The number of benzene rings is 2. The molecule has 0 aliphatic carbocycles. The molecule has 0 atom stereocenters. The Morgan fingerprint density at radius 1 is 1.08 bits per heavy atom. The predicted molar refractivity (Wildman–Crippen MR) is 147 cm³/mol. The van der Waals surface area contributed by atoms with Gasteiger partial charge in [-0.05, 0) is 66.8 Å². The van der Waals surface area contributed by atoms with Crippen molar-refractivity contribution in [3.63, 3.8) is 0 Å². The highest BCUT2D eigenvalue weighted by Gasteiger charge is 2.12. The molecule has 4 aromatic rings. The molecule has 0 fully saturated rings. The Hall–Kier alpha value is -4.96. The molecule has 2 aromatic heterocycles. The van der Waals surface area contributed by atoms with E-state index in [0.29, 0.717) is 43.3 Å². The summed E-state index contributed by atoms with van der Waals surface area (Å²) in [6, 6.07) is 16.8. The van der Waals surface area contributed by atoms with Gasteiger partial charge in [0.2, 0.25) is 0 Å². The van der Waals surface area contributed by atoms with Gasteiger partial charge >= 0.3 is 0 Å². The van der Waals surface area contributed by atoms with Gasteiger partial charge in [-0.25, -0.2) is 9.97 Å². The lowest BCUT2D eigenvalue weighted by atomic mass is 10.1. The Morgan fingerprint density at radius 2 is 1.97 bits per heavy atom. The first-order chi connectivity index (χ1) is 19.1. The number of carbonyl (C=O) groups excluding carboxylic acids is 1. The lowest BCUT2D eigenvalue weighted by Gasteiger charge is -2.11. The zero-order valence-electron chi connectivity index (χ0n) is 21.7. The number of unbranched alkanes of at least 4 members (excludes halogenated alkanes) is 2. The quantitative estimate of drug-likeness (QED) is 0.105. The topological polar surface area (TPSA) is 156 Å². The third-order valence-corrected chi connectivity index (χ3v) is 5.94. The molecule has 0 unspecified atom stereocenters. The van der Waals surface area contributed by atoms with Gasteiger partial charge in [-0.3, -0.25) is 4.79 Å². The van der Waals surface area contributed by atoms with Crippen molar-refractivity contribution < 1.29 is 9.53 Å². The molecule has 0 aliphatic rings. The van der Waals surface area contributed by atoms with Crippen LogP contribution < -0.4 is 15.4 Å². The molecule has 0 spiro atoms. The molecule has 2 N–H and O–H groups in total. The molecule has 0 saturated carbocycles. The van der Waals surface area contributed by atoms with Gasteiger partial charge in [-0.2, -0.15) is 0 Å². The lowest BCUT2D eigenvalue weighted by Crippen LogP contribution is -2.22. The minimum atomic E-state index is -0.172. The van der Waals surface area contributed by atoms with E-state index in [1.165, 1.54) is 6.33 Å². The monoisotopic (exact) mass is 526 g/mol. The van der Waals surface area contributed by atoms with E-state index in [-0.39, 0.29) is 5.91 Å². The standard InChI is InChI=1S/C27H30N10O2/c1-37-25(34-35-26(37)24-11-13-29-19-32-24)18-30-22-9-6-8-21(16-22)27(38)31-17-20-7-5-10-23(15-20)39-14-4-2-3-12-33-36-28/h5-11,13,15-16,19,30H,2-4,12,14,17-18H2,1H3,(H,31,38). The third kappa shape index (κ3) is 8.01. The van der Waals surface area contributed by atoms with Gasteiger partial charge in [-0.1, -0.05) is 23.3 Å². The van der Waals surface area contributed by atoms with Crippen molar-refractivity contribution in [2.45, 2.75) is 32.4 Å². The number of hydrogen-bond donors (Lipinski definition) is 2. The molecule has 2 aromatic carbocycles. The summed E-state index contributed by atoms with van der Waals surface area (Å²) in [6.45, 7) is 1.91. The molecule has 39 heavy (non-hydrogen) atoms. The second kappa shape index (κ2) is 14.1. The summed E-state index contributed by atoms with van der Waals surface area (Å²) in [5.41, 5.74) is 11.3. The van der Waals surface area contributed by atoms with Crippen LogP contribution in [0.4, 0.5) is 5.69 Å². The second-order valence-electron chi connectivity index (χ2n) is 8.72. The lowest BCUT2D eigenvalue weighted by molar-refractivity contribution is 0.0951. The number of hydrogen-bond acceptors (Lipinski definition) is 8. The van der Waals surface area contributed by atoms with Crippen molar-refractivity contribution in [1.82, 2.24) is 30.0 Å². The Bertz CT molecular complexity index is 1420. The highest BCUT2D eigenvalue weighted by Crippen LogP contribution is 2.17. The smallest absolute Gasteiger partial charge is 0.251 e. The van der Waals surface area contributed by atoms with E-state index in [4.69, 9.17) is 10.3 Å². The van der Waals surface area contributed by atoms with Crippen LogP contribution in [0, 0.1) is 0 Å². The first-order valence-corrected chi connectivity index (χ1v) is 12.6. The highest BCUT2D eigenvalue weighted by molar-refractivity contribution is 5.95.